The average Bonchev–Trinajstić information content (AvgIpc) is 3.10. The molecule has 1 fully saturated rings. The molecule has 1 N–H and O–H groups in total. The fourth-order valence-electron chi connectivity index (χ4n) is 2.24. The molecule has 0 bridgehead atoms. The topological polar surface area (TPSA) is 29.5 Å². The molecule has 0 heterocycles. The summed E-state index contributed by atoms with van der Waals surface area (Å²) in [4.78, 5) is 0. The van der Waals surface area contributed by atoms with E-state index >= 15 is 0 Å². The minimum Gasteiger partial charge on any atom is -0.493 e. The van der Waals surface area contributed by atoms with E-state index in [4.69, 9.17) is 4.74 Å². The number of para-hydroxylation sites is 1. The second-order valence-corrected chi connectivity index (χ2v) is 5.27. The molecule has 2 nitrogen and oxygen atoms in total. The van der Waals surface area contributed by atoms with Gasteiger partial charge in [-0.1, -0.05) is 38.0 Å². The zero-order chi connectivity index (χ0) is 12.3. The van der Waals surface area contributed by atoms with E-state index < -0.39 is 5.60 Å². The SMILES string of the molecule is CCCOc1ccccc1C(C)(O)CC1CC1. The van der Waals surface area contributed by atoms with Crippen molar-refractivity contribution in [3.05, 3.63) is 29.8 Å². The zero-order valence-corrected chi connectivity index (χ0v) is 10.8. The maximum absolute atomic E-state index is 10.6. The summed E-state index contributed by atoms with van der Waals surface area (Å²) < 4.78 is 5.71. The first-order chi connectivity index (χ1) is 8.13. The van der Waals surface area contributed by atoms with Gasteiger partial charge in [-0.15, -0.1) is 0 Å². The smallest absolute Gasteiger partial charge is 0.125 e. The summed E-state index contributed by atoms with van der Waals surface area (Å²) in [5, 5.41) is 10.6. The number of hydrogen-bond donors (Lipinski definition) is 1. The molecule has 1 atom stereocenters. The minimum atomic E-state index is -0.758. The van der Waals surface area contributed by atoms with E-state index in [9.17, 15) is 5.11 Å². The molecule has 0 radical (unpaired) electrons. The molecule has 1 aromatic carbocycles. The zero-order valence-electron chi connectivity index (χ0n) is 10.8. The van der Waals surface area contributed by atoms with Crippen LogP contribution in [0.25, 0.3) is 0 Å². The quantitative estimate of drug-likeness (QED) is 0.816. The van der Waals surface area contributed by atoms with Gasteiger partial charge in [0.15, 0.2) is 0 Å². The molecule has 2 heteroatoms. The Morgan fingerprint density at radius 2 is 2.06 bits per heavy atom. The lowest BCUT2D eigenvalue weighted by molar-refractivity contribution is 0.0386. The molecule has 0 amide bonds. The van der Waals surface area contributed by atoms with Crippen molar-refractivity contribution >= 4 is 0 Å². The standard InChI is InChI=1S/C15H22O2/c1-3-10-17-14-7-5-4-6-13(14)15(2,16)11-12-8-9-12/h4-7,12,16H,3,8-11H2,1-2H3. The highest BCUT2D eigenvalue weighted by atomic mass is 16.5. The maximum Gasteiger partial charge on any atom is 0.125 e. The van der Waals surface area contributed by atoms with Crippen molar-refractivity contribution in [1.29, 1.82) is 0 Å². The summed E-state index contributed by atoms with van der Waals surface area (Å²) in [5.74, 6) is 1.53. The molecule has 1 aliphatic carbocycles. The minimum absolute atomic E-state index is 0.698. The Bertz CT molecular complexity index is 367. The Balaban J connectivity index is 2.16. The third kappa shape index (κ3) is 3.22. The first kappa shape index (κ1) is 12.4. The van der Waals surface area contributed by atoms with Crippen LogP contribution in [0, 0.1) is 5.92 Å². The van der Waals surface area contributed by atoms with Crippen molar-refractivity contribution in [2.45, 2.75) is 45.1 Å². The van der Waals surface area contributed by atoms with Crippen molar-refractivity contribution < 1.29 is 9.84 Å². The van der Waals surface area contributed by atoms with E-state index in [2.05, 4.69) is 6.92 Å². The molecule has 2 rings (SSSR count). The van der Waals surface area contributed by atoms with E-state index in [1.54, 1.807) is 0 Å². The predicted molar refractivity (Wildman–Crippen MR) is 69.1 cm³/mol. The van der Waals surface area contributed by atoms with Gasteiger partial charge in [0.2, 0.25) is 0 Å². The van der Waals surface area contributed by atoms with E-state index in [-0.39, 0.29) is 0 Å². The average molecular weight is 234 g/mol. The van der Waals surface area contributed by atoms with Gasteiger partial charge in [0.1, 0.15) is 5.75 Å². The molecule has 94 valence electrons. The van der Waals surface area contributed by atoms with Crippen molar-refractivity contribution in [2.24, 2.45) is 5.92 Å². The molecule has 0 aromatic heterocycles. The Morgan fingerprint density at radius 3 is 2.71 bits per heavy atom. The fraction of sp³-hybridized carbons (Fsp3) is 0.600. The molecule has 0 saturated heterocycles. The first-order valence-corrected chi connectivity index (χ1v) is 6.58. The Morgan fingerprint density at radius 1 is 1.35 bits per heavy atom. The summed E-state index contributed by atoms with van der Waals surface area (Å²) in [5.41, 5.74) is 0.172. The molecule has 1 unspecified atom stereocenters. The van der Waals surface area contributed by atoms with Crippen LogP contribution < -0.4 is 4.74 Å². The molecular weight excluding hydrogens is 212 g/mol. The van der Waals surface area contributed by atoms with Gasteiger partial charge in [0, 0.05) is 5.56 Å². The third-order valence-electron chi connectivity index (χ3n) is 3.31. The summed E-state index contributed by atoms with van der Waals surface area (Å²) in [6, 6.07) is 7.86. The van der Waals surface area contributed by atoms with E-state index in [1.807, 2.05) is 31.2 Å². The highest BCUT2D eigenvalue weighted by Gasteiger charge is 2.34. The lowest BCUT2D eigenvalue weighted by Crippen LogP contribution is -2.23. The largest absolute Gasteiger partial charge is 0.493 e. The molecular formula is C15H22O2. The Labute approximate surface area is 104 Å². The van der Waals surface area contributed by atoms with Gasteiger partial charge >= 0.3 is 0 Å². The van der Waals surface area contributed by atoms with Crippen LogP contribution in [0.5, 0.6) is 5.75 Å². The molecule has 0 spiro atoms. The number of aliphatic hydroxyl groups is 1. The third-order valence-corrected chi connectivity index (χ3v) is 3.31. The van der Waals surface area contributed by atoms with E-state index in [0.717, 1.165) is 24.2 Å². The van der Waals surface area contributed by atoms with Crippen LogP contribution in [-0.2, 0) is 5.60 Å². The van der Waals surface area contributed by atoms with Crippen LogP contribution in [0.15, 0.2) is 24.3 Å². The van der Waals surface area contributed by atoms with Crippen molar-refractivity contribution in [2.75, 3.05) is 6.61 Å². The summed E-state index contributed by atoms with van der Waals surface area (Å²) in [7, 11) is 0. The van der Waals surface area contributed by atoms with Crippen LogP contribution in [0.4, 0.5) is 0 Å². The van der Waals surface area contributed by atoms with Crippen LogP contribution in [0.3, 0.4) is 0 Å². The molecule has 1 aromatic rings. The summed E-state index contributed by atoms with van der Waals surface area (Å²) in [6.07, 6.45) is 4.35. The van der Waals surface area contributed by atoms with Gasteiger partial charge in [0.25, 0.3) is 0 Å². The van der Waals surface area contributed by atoms with Gasteiger partial charge in [-0.25, -0.2) is 0 Å². The number of rotatable bonds is 6. The number of hydrogen-bond acceptors (Lipinski definition) is 2. The lowest BCUT2D eigenvalue weighted by Gasteiger charge is -2.26. The Hall–Kier alpha value is -1.02. The van der Waals surface area contributed by atoms with Crippen LogP contribution in [-0.4, -0.2) is 11.7 Å². The van der Waals surface area contributed by atoms with Crippen molar-refractivity contribution in [1.82, 2.24) is 0 Å². The van der Waals surface area contributed by atoms with E-state index in [0.29, 0.717) is 12.5 Å². The lowest BCUT2D eigenvalue weighted by atomic mass is 9.89. The molecule has 17 heavy (non-hydrogen) atoms. The molecule has 1 aliphatic rings. The van der Waals surface area contributed by atoms with Crippen LogP contribution in [0.2, 0.25) is 0 Å². The first-order valence-electron chi connectivity index (χ1n) is 6.58. The van der Waals surface area contributed by atoms with Gasteiger partial charge in [0.05, 0.1) is 12.2 Å². The van der Waals surface area contributed by atoms with E-state index in [1.165, 1.54) is 12.8 Å². The van der Waals surface area contributed by atoms with Gasteiger partial charge in [-0.2, -0.15) is 0 Å². The van der Waals surface area contributed by atoms with Crippen LogP contribution in [0.1, 0.15) is 45.1 Å². The number of ether oxygens (including phenoxy) is 1. The molecule has 1 saturated carbocycles. The predicted octanol–water partition coefficient (Wildman–Crippen LogP) is 3.48. The molecule has 0 aliphatic heterocycles. The summed E-state index contributed by atoms with van der Waals surface area (Å²) >= 11 is 0. The summed E-state index contributed by atoms with van der Waals surface area (Å²) in [6.45, 7) is 4.70. The normalized spacial score (nSPS) is 18.8. The van der Waals surface area contributed by atoms with Gasteiger partial charge < -0.3 is 9.84 Å². The fourth-order valence-corrected chi connectivity index (χ4v) is 2.24. The second kappa shape index (κ2) is 5.09. The van der Waals surface area contributed by atoms with Crippen molar-refractivity contribution in [3.63, 3.8) is 0 Å². The second-order valence-electron chi connectivity index (χ2n) is 5.27. The van der Waals surface area contributed by atoms with Crippen molar-refractivity contribution in [3.8, 4) is 5.75 Å². The highest BCUT2D eigenvalue weighted by molar-refractivity contribution is 5.37. The maximum atomic E-state index is 10.6. The highest BCUT2D eigenvalue weighted by Crippen LogP contribution is 2.42. The monoisotopic (exact) mass is 234 g/mol. The van der Waals surface area contributed by atoms with Gasteiger partial charge in [-0.05, 0) is 31.7 Å². The van der Waals surface area contributed by atoms with Crippen LogP contribution >= 0.6 is 0 Å². The number of benzene rings is 1. The Kier molecular flexibility index (Phi) is 3.72. The van der Waals surface area contributed by atoms with Gasteiger partial charge in [-0.3, -0.25) is 0 Å².